The molecule has 9 heteroatoms. The van der Waals surface area contributed by atoms with E-state index in [1.165, 1.54) is 0 Å². The number of piperidine rings is 2. The average Bonchev–Trinajstić information content (AvgIpc) is 2.65. The lowest BCUT2D eigenvalue weighted by atomic mass is 10.0. The van der Waals surface area contributed by atoms with E-state index in [0.717, 1.165) is 0 Å². The molecule has 4 N–H and O–H groups in total. The first kappa shape index (κ1) is 25.4. The van der Waals surface area contributed by atoms with E-state index in [2.05, 4.69) is 0 Å². The summed E-state index contributed by atoms with van der Waals surface area (Å²) in [5.41, 5.74) is 0. The number of ketones is 1. The highest BCUT2D eigenvalue weighted by molar-refractivity contribution is 5.83. The summed E-state index contributed by atoms with van der Waals surface area (Å²) in [5, 5.41) is 35.4. The second-order valence-corrected chi connectivity index (χ2v) is 6.23. The molecule has 0 aromatic rings. The zero-order chi connectivity index (χ0) is 20.9. The summed E-state index contributed by atoms with van der Waals surface area (Å²) < 4.78 is 0. The fourth-order valence-corrected chi connectivity index (χ4v) is 2.63. The van der Waals surface area contributed by atoms with E-state index < -0.39 is 5.79 Å². The highest BCUT2D eigenvalue weighted by atomic mass is 16.5. The van der Waals surface area contributed by atoms with Crippen LogP contribution in [0.2, 0.25) is 0 Å². The van der Waals surface area contributed by atoms with Crippen LogP contribution in [0.4, 0.5) is 0 Å². The number of amides is 2. The minimum absolute atomic E-state index is 0.0509. The number of aliphatic hydroxyl groups excluding tert-OH is 2. The maximum atomic E-state index is 11.2. The molecule has 2 heterocycles. The number of hydrogen-bond donors (Lipinski definition) is 4. The Hall–Kier alpha value is -1.55. The van der Waals surface area contributed by atoms with Gasteiger partial charge >= 0.3 is 0 Å². The standard InChI is InChI=1S/C8H15NO4.C8H13NO3.C2H6/c10-6-1-7(11)9-4-2-8(12,13)3-5-9;10-6-3-8(12)9-4-1-7(11)2-5-9;1-2/h10,12-13H,1-6H2;10H,1-6H2;1-2H3. The molecule has 2 amide bonds. The number of carbonyl (C=O) groups is 3. The first-order chi connectivity index (χ1) is 12.8. The smallest absolute Gasteiger partial charge is 0.224 e. The maximum Gasteiger partial charge on any atom is 0.224 e. The third-order valence-corrected chi connectivity index (χ3v) is 4.24. The molecule has 0 saturated carbocycles. The van der Waals surface area contributed by atoms with E-state index in [0.29, 0.717) is 39.0 Å². The monoisotopic (exact) mass is 390 g/mol. The molecule has 0 aromatic heterocycles. The Balaban J connectivity index is 0.000000460. The molecule has 0 spiro atoms. The van der Waals surface area contributed by atoms with Gasteiger partial charge in [0.25, 0.3) is 0 Å². The van der Waals surface area contributed by atoms with Crippen LogP contribution < -0.4 is 0 Å². The van der Waals surface area contributed by atoms with Gasteiger partial charge in [0, 0.05) is 64.7 Å². The van der Waals surface area contributed by atoms with Crippen LogP contribution in [0.5, 0.6) is 0 Å². The van der Waals surface area contributed by atoms with Crippen molar-refractivity contribution in [1.29, 1.82) is 0 Å². The van der Waals surface area contributed by atoms with Gasteiger partial charge in [0.05, 0.1) is 13.2 Å². The Morgan fingerprint density at radius 1 is 0.852 bits per heavy atom. The Bertz CT molecular complexity index is 449. The first-order valence-electron chi connectivity index (χ1n) is 9.53. The third-order valence-electron chi connectivity index (χ3n) is 4.24. The number of Topliss-reactive ketones (excluding diaryl/α,β-unsaturated/α-hetero) is 1. The minimum atomic E-state index is -1.62. The second-order valence-electron chi connectivity index (χ2n) is 6.23. The molecule has 0 aliphatic carbocycles. The molecule has 2 aliphatic heterocycles. The van der Waals surface area contributed by atoms with Gasteiger partial charge in [-0.1, -0.05) is 13.8 Å². The van der Waals surface area contributed by atoms with Crippen molar-refractivity contribution in [1.82, 2.24) is 9.80 Å². The third kappa shape index (κ3) is 10.4. The highest BCUT2D eigenvalue weighted by Crippen LogP contribution is 2.19. The SMILES string of the molecule is CC.O=C(CCO)N1CCC(O)(O)CC1.O=C1CCN(C(=O)CCO)CC1. The van der Waals surface area contributed by atoms with Crippen molar-refractivity contribution in [2.24, 2.45) is 0 Å². The molecule has 0 bridgehead atoms. The molecule has 0 atom stereocenters. The summed E-state index contributed by atoms with van der Waals surface area (Å²) in [7, 11) is 0. The molecule has 0 unspecified atom stereocenters. The molecule has 2 aliphatic rings. The zero-order valence-corrected chi connectivity index (χ0v) is 16.4. The number of aliphatic hydroxyl groups is 4. The van der Waals surface area contributed by atoms with Gasteiger partial charge in [0.15, 0.2) is 5.79 Å². The minimum Gasteiger partial charge on any atom is -0.396 e. The zero-order valence-electron chi connectivity index (χ0n) is 16.4. The number of carbonyl (C=O) groups excluding carboxylic acids is 3. The Labute approximate surface area is 160 Å². The van der Waals surface area contributed by atoms with Gasteiger partial charge in [-0.2, -0.15) is 0 Å². The molecule has 158 valence electrons. The van der Waals surface area contributed by atoms with E-state index in [-0.39, 0.29) is 56.5 Å². The number of likely N-dealkylation sites (tertiary alicyclic amines) is 2. The van der Waals surface area contributed by atoms with Crippen molar-refractivity contribution >= 4 is 17.6 Å². The summed E-state index contributed by atoms with van der Waals surface area (Å²) in [6, 6.07) is 0. The molecule has 2 rings (SSSR count). The van der Waals surface area contributed by atoms with E-state index in [1.807, 2.05) is 13.8 Å². The van der Waals surface area contributed by atoms with Gasteiger partial charge in [-0.05, 0) is 0 Å². The normalized spacial score (nSPS) is 18.7. The van der Waals surface area contributed by atoms with Crippen molar-refractivity contribution in [2.75, 3.05) is 39.4 Å². The van der Waals surface area contributed by atoms with Crippen LogP contribution >= 0.6 is 0 Å². The number of rotatable bonds is 4. The van der Waals surface area contributed by atoms with Gasteiger partial charge in [0.1, 0.15) is 5.78 Å². The summed E-state index contributed by atoms with van der Waals surface area (Å²) in [6.45, 7) is 5.50. The summed E-state index contributed by atoms with van der Waals surface area (Å²) in [6.07, 6.45) is 1.60. The van der Waals surface area contributed by atoms with Crippen LogP contribution in [0.15, 0.2) is 0 Å². The fraction of sp³-hybridized carbons (Fsp3) is 0.833. The fourth-order valence-electron chi connectivity index (χ4n) is 2.63. The lowest BCUT2D eigenvalue weighted by Gasteiger charge is -2.34. The first-order valence-corrected chi connectivity index (χ1v) is 9.53. The molecule has 9 nitrogen and oxygen atoms in total. The average molecular weight is 390 g/mol. The molecule has 2 fully saturated rings. The van der Waals surface area contributed by atoms with Crippen molar-refractivity contribution in [3.63, 3.8) is 0 Å². The molecule has 27 heavy (non-hydrogen) atoms. The maximum absolute atomic E-state index is 11.2. The van der Waals surface area contributed by atoms with Gasteiger partial charge in [-0.15, -0.1) is 0 Å². The van der Waals surface area contributed by atoms with E-state index in [9.17, 15) is 24.6 Å². The summed E-state index contributed by atoms with van der Waals surface area (Å²) >= 11 is 0. The highest BCUT2D eigenvalue weighted by Gasteiger charge is 2.31. The summed E-state index contributed by atoms with van der Waals surface area (Å²) in [5.74, 6) is -1.57. The van der Waals surface area contributed by atoms with Gasteiger partial charge in [-0.25, -0.2) is 0 Å². The lowest BCUT2D eigenvalue weighted by Crippen LogP contribution is -2.46. The topological polar surface area (TPSA) is 139 Å². The van der Waals surface area contributed by atoms with Crippen LogP contribution in [0.25, 0.3) is 0 Å². The molecular formula is C18H34N2O7. The van der Waals surface area contributed by atoms with Gasteiger partial charge < -0.3 is 30.2 Å². The van der Waals surface area contributed by atoms with Crippen molar-refractivity contribution in [3.8, 4) is 0 Å². The van der Waals surface area contributed by atoms with Crippen LogP contribution in [0.3, 0.4) is 0 Å². The van der Waals surface area contributed by atoms with Crippen molar-refractivity contribution in [3.05, 3.63) is 0 Å². The molecule has 0 aromatic carbocycles. The predicted molar refractivity (Wildman–Crippen MR) is 98.6 cm³/mol. The van der Waals surface area contributed by atoms with Crippen LogP contribution in [-0.4, -0.2) is 93.0 Å². The Kier molecular flexibility index (Phi) is 12.8. The van der Waals surface area contributed by atoms with E-state index >= 15 is 0 Å². The lowest BCUT2D eigenvalue weighted by molar-refractivity contribution is -0.190. The van der Waals surface area contributed by atoms with Gasteiger partial charge in [0.2, 0.25) is 11.8 Å². The Morgan fingerprint density at radius 3 is 1.59 bits per heavy atom. The quantitative estimate of drug-likeness (QED) is 0.464. The number of hydrogen-bond acceptors (Lipinski definition) is 7. The van der Waals surface area contributed by atoms with E-state index in [4.69, 9.17) is 10.2 Å². The van der Waals surface area contributed by atoms with Crippen LogP contribution in [-0.2, 0) is 14.4 Å². The van der Waals surface area contributed by atoms with Gasteiger partial charge in [-0.3, -0.25) is 14.4 Å². The molecule has 2 saturated heterocycles. The van der Waals surface area contributed by atoms with Crippen LogP contribution in [0, 0.1) is 0 Å². The molecular weight excluding hydrogens is 356 g/mol. The van der Waals surface area contributed by atoms with Crippen molar-refractivity contribution in [2.45, 2.75) is 58.2 Å². The number of nitrogens with zero attached hydrogens (tertiary/aromatic N) is 2. The van der Waals surface area contributed by atoms with E-state index in [1.54, 1.807) is 9.80 Å². The second kappa shape index (κ2) is 13.6. The summed E-state index contributed by atoms with van der Waals surface area (Å²) in [4.78, 5) is 36.4. The largest absolute Gasteiger partial charge is 0.396 e. The van der Waals surface area contributed by atoms with Crippen LogP contribution in [0.1, 0.15) is 52.4 Å². The predicted octanol–water partition coefficient (Wildman–Crippen LogP) is -0.741. The Morgan fingerprint density at radius 2 is 1.22 bits per heavy atom. The molecule has 0 radical (unpaired) electrons. The van der Waals surface area contributed by atoms with Crippen molar-refractivity contribution < 1.29 is 34.8 Å².